The molecule has 0 saturated carbocycles. The van der Waals surface area contributed by atoms with Crippen LogP contribution in [0, 0.1) is 0 Å². The van der Waals surface area contributed by atoms with Crippen LogP contribution in [0.4, 0.5) is 0 Å². The summed E-state index contributed by atoms with van der Waals surface area (Å²) in [6, 6.07) is 8.56. The average Bonchev–Trinajstić information content (AvgIpc) is 2.74. The van der Waals surface area contributed by atoms with E-state index in [2.05, 4.69) is 0 Å². The zero-order chi connectivity index (χ0) is 22.3. The minimum absolute atomic E-state index is 0.0183. The molecule has 0 radical (unpaired) electrons. The summed E-state index contributed by atoms with van der Waals surface area (Å²) in [5.41, 5.74) is 0.668. The Morgan fingerprint density at radius 1 is 0.968 bits per heavy atom. The summed E-state index contributed by atoms with van der Waals surface area (Å²) >= 11 is 0. The second-order valence-electron chi connectivity index (χ2n) is 7.46. The van der Waals surface area contributed by atoms with Gasteiger partial charge in [-0.3, -0.25) is 4.79 Å². The van der Waals surface area contributed by atoms with Crippen LogP contribution in [0.15, 0.2) is 36.4 Å². The van der Waals surface area contributed by atoms with E-state index in [-0.39, 0.29) is 40.8 Å². The smallest absolute Gasteiger partial charge is 0.229 e. The molecule has 0 amide bonds. The molecule has 2 aromatic carbocycles. The number of ether oxygens (including phenoxy) is 3. The van der Waals surface area contributed by atoms with E-state index in [0.29, 0.717) is 5.56 Å². The Morgan fingerprint density at radius 2 is 1.68 bits per heavy atom. The lowest BCUT2D eigenvalue weighted by molar-refractivity contribution is -0.277. The van der Waals surface area contributed by atoms with Gasteiger partial charge in [-0.15, -0.1) is 0 Å². The Morgan fingerprint density at radius 3 is 2.35 bits per heavy atom. The molecule has 10 nitrogen and oxygen atoms in total. The van der Waals surface area contributed by atoms with Gasteiger partial charge >= 0.3 is 0 Å². The normalized spacial score (nSPS) is 30.4. The zero-order valence-electron chi connectivity index (χ0n) is 16.2. The van der Waals surface area contributed by atoms with Crippen LogP contribution in [0.25, 0.3) is 0 Å². The highest BCUT2D eigenvalue weighted by molar-refractivity contribution is 6.02. The van der Waals surface area contributed by atoms with Gasteiger partial charge in [0, 0.05) is 12.1 Å². The van der Waals surface area contributed by atoms with Crippen molar-refractivity contribution in [3.05, 3.63) is 47.5 Å². The third kappa shape index (κ3) is 4.03. The summed E-state index contributed by atoms with van der Waals surface area (Å²) < 4.78 is 16.8. The van der Waals surface area contributed by atoms with Crippen molar-refractivity contribution in [1.82, 2.24) is 0 Å². The lowest BCUT2D eigenvalue weighted by Gasteiger charge is -2.40. The van der Waals surface area contributed by atoms with E-state index in [1.807, 2.05) is 0 Å². The lowest BCUT2D eigenvalue weighted by atomic mass is 9.95. The molecule has 2 aromatic rings. The van der Waals surface area contributed by atoms with Gasteiger partial charge in [0.15, 0.2) is 5.78 Å². The summed E-state index contributed by atoms with van der Waals surface area (Å²) in [7, 11) is 0. The number of hydrogen-bond donors (Lipinski definition) is 6. The average molecular weight is 434 g/mol. The number of rotatable bonds is 4. The maximum Gasteiger partial charge on any atom is 0.229 e. The Hall–Kier alpha value is -2.89. The Balaban J connectivity index is 1.63. The van der Waals surface area contributed by atoms with Crippen LogP contribution in [0.1, 0.15) is 28.4 Å². The van der Waals surface area contributed by atoms with Crippen molar-refractivity contribution < 1.29 is 49.6 Å². The minimum Gasteiger partial charge on any atom is -0.508 e. The van der Waals surface area contributed by atoms with E-state index in [1.165, 1.54) is 18.2 Å². The number of aliphatic hydroxyl groups excluding tert-OH is 4. The molecule has 0 bridgehead atoms. The quantitative estimate of drug-likeness (QED) is 0.385. The Kier molecular flexibility index (Phi) is 5.73. The molecular formula is C21H22O10. The fourth-order valence-electron chi connectivity index (χ4n) is 3.67. The van der Waals surface area contributed by atoms with Gasteiger partial charge in [-0.25, -0.2) is 0 Å². The molecular weight excluding hydrogens is 412 g/mol. The lowest BCUT2D eigenvalue weighted by Crippen LogP contribution is -2.60. The fourth-order valence-corrected chi connectivity index (χ4v) is 3.67. The Bertz CT molecular complexity index is 957. The maximum atomic E-state index is 12.9. The summed E-state index contributed by atoms with van der Waals surface area (Å²) in [6.45, 7) is -0.640. The second kappa shape index (κ2) is 8.33. The Labute approximate surface area is 176 Å². The first-order chi connectivity index (χ1) is 14.8. The molecule has 0 spiro atoms. The van der Waals surface area contributed by atoms with Gasteiger partial charge in [-0.05, 0) is 17.7 Å². The van der Waals surface area contributed by atoms with Crippen LogP contribution in [0.2, 0.25) is 0 Å². The topological polar surface area (TPSA) is 166 Å². The van der Waals surface area contributed by atoms with Gasteiger partial charge in [0.1, 0.15) is 59.1 Å². The number of phenolic OH excluding ortho intramolecular Hbond substituents is 2. The monoisotopic (exact) mass is 434 g/mol. The molecule has 10 heteroatoms. The SMILES string of the molecule is O=C1CC(c2ccc(O)cc2)Oc2cc(O)cc(OC3O[C@H](CO)[C@@H](O)[C@H](O)[C@H]3O)c21. The number of benzene rings is 2. The molecule has 4 rings (SSSR count). The first kappa shape index (κ1) is 21.3. The molecule has 31 heavy (non-hydrogen) atoms. The highest BCUT2D eigenvalue weighted by Gasteiger charge is 2.45. The second-order valence-corrected chi connectivity index (χ2v) is 7.46. The van der Waals surface area contributed by atoms with Crippen LogP contribution >= 0.6 is 0 Å². The molecule has 2 unspecified atom stereocenters. The first-order valence-electron chi connectivity index (χ1n) is 9.61. The number of Topliss-reactive ketones (excluding diaryl/α,β-unsaturated/α-hetero) is 1. The van der Waals surface area contributed by atoms with E-state index in [9.17, 15) is 35.4 Å². The largest absolute Gasteiger partial charge is 0.508 e. The van der Waals surface area contributed by atoms with Crippen molar-refractivity contribution in [3.63, 3.8) is 0 Å². The minimum atomic E-state index is -1.68. The number of phenols is 2. The zero-order valence-corrected chi connectivity index (χ0v) is 16.2. The summed E-state index contributed by atoms with van der Waals surface area (Å²) in [5.74, 6) is -0.669. The highest BCUT2D eigenvalue weighted by Crippen LogP contribution is 2.43. The summed E-state index contributed by atoms with van der Waals surface area (Å²) in [5, 5.41) is 58.9. The van der Waals surface area contributed by atoms with Gasteiger partial charge in [-0.2, -0.15) is 0 Å². The molecule has 2 aliphatic heterocycles. The third-order valence-electron chi connectivity index (χ3n) is 5.33. The predicted octanol–water partition coefficient (Wildman–Crippen LogP) is -0.0170. The van der Waals surface area contributed by atoms with E-state index in [1.54, 1.807) is 12.1 Å². The maximum absolute atomic E-state index is 12.9. The molecule has 6 atom stereocenters. The van der Waals surface area contributed by atoms with Crippen LogP contribution < -0.4 is 9.47 Å². The fraction of sp³-hybridized carbons (Fsp3) is 0.381. The van der Waals surface area contributed by atoms with E-state index in [4.69, 9.17) is 14.2 Å². The van der Waals surface area contributed by atoms with Crippen LogP contribution in [0.3, 0.4) is 0 Å². The predicted molar refractivity (Wildman–Crippen MR) is 103 cm³/mol. The van der Waals surface area contributed by atoms with Gasteiger partial charge in [0.05, 0.1) is 13.0 Å². The number of ketones is 1. The standard InChI is InChI=1S/C21H22O10/c22-8-16-18(26)19(27)20(28)21(31-16)30-15-6-11(24)5-14-17(15)12(25)7-13(29-14)9-1-3-10(23)4-2-9/h1-6,13,16,18-24,26-28H,7-8H2/t13?,16-,18-,19+,20-,21?/m1/s1. The molecule has 6 N–H and O–H groups in total. The molecule has 0 aromatic heterocycles. The van der Waals surface area contributed by atoms with Crippen molar-refractivity contribution >= 4 is 5.78 Å². The number of carbonyl (C=O) groups is 1. The molecule has 2 aliphatic rings. The van der Waals surface area contributed by atoms with Crippen molar-refractivity contribution in [1.29, 1.82) is 0 Å². The van der Waals surface area contributed by atoms with Gasteiger partial charge in [0.25, 0.3) is 0 Å². The molecule has 166 valence electrons. The highest BCUT2D eigenvalue weighted by atomic mass is 16.7. The van der Waals surface area contributed by atoms with Crippen molar-refractivity contribution in [2.24, 2.45) is 0 Å². The number of aromatic hydroxyl groups is 2. The van der Waals surface area contributed by atoms with Crippen LogP contribution in [-0.2, 0) is 4.74 Å². The van der Waals surface area contributed by atoms with Crippen molar-refractivity contribution in [3.8, 4) is 23.0 Å². The van der Waals surface area contributed by atoms with Crippen LogP contribution in [-0.4, -0.2) is 73.7 Å². The van der Waals surface area contributed by atoms with E-state index < -0.39 is 43.4 Å². The number of fused-ring (bicyclic) bond motifs is 1. The van der Waals surface area contributed by atoms with Crippen molar-refractivity contribution in [2.45, 2.75) is 43.2 Å². The number of carbonyl (C=O) groups excluding carboxylic acids is 1. The first-order valence-corrected chi connectivity index (χ1v) is 9.61. The van der Waals surface area contributed by atoms with E-state index >= 15 is 0 Å². The molecule has 1 fully saturated rings. The third-order valence-corrected chi connectivity index (χ3v) is 5.33. The molecule has 2 heterocycles. The van der Waals surface area contributed by atoms with Crippen LogP contribution in [0.5, 0.6) is 23.0 Å². The van der Waals surface area contributed by atoms with Gasteiger partial charge in [-0.1, -0.05) is 12.1 Å². The van der Waals surface area contributed by atoms with E-state index in [0.717, 1.165) is 6.07 Å². The van der Waals surface area contributed by atoms with Gasteiger partial charge in [0.2, 0.25) is 6.29 Å². The molecule has 0 aliphatic carbocycles. The van der Waals surface area contributed by atoms with Gasteiger partial charge < -0.3 is 44.8 Å². The van der Waals surface area contributed by atoms with Crippen molar-refractivity contribution in [2.75, 3.05) is 6.61 Å². The summed E-state index contributed by atoms with van der Waals surface area (Å²) in [6.07, 6.45) is -8.31. The number of hydrogen-bond acceptors (Lipinski definition) is 10. The number of aliphatic hydroxyl groups is 4. The molecule has 1 saturated heterocycles. The summed E-state index contributed by atoms with van der Waals surface area (Å²) in [4.78, 5) is 12.9.